The van der Waals surface area contributed by atoms with Crippen LogP contribution in [0.2, 0.25) is 0 Å². The Bertz CT molecular complexity index is 456. The molecule has 0 aliphatic carbocycles. The highest BCUT2D eigenvalue weighted by Gasteiger charge is 2.21. The number of para-hydroxylation sites is 1. The Kier molecular flexibility index (Phi) is 5.19. The van der Waals surface area contributed by atoms with Gasteiger partial charge < -0.3 is 4.74 Å². The molecule has 0 radical (unpaired) electrons. The van der Waals surface area contributed by atoms with E-state index in [2.05, 4.69) is 10.3 Å². The van der Waals surface area contributed by atoms with Crippen LogP contribution in [0.15, 0.2) is 30.3 Å². The van der Waals surface area contributed by atoms with Crippen molar-refractivity contribution >= 4 is 12.2 Å². The molecule has 110 valence electrons. The predicted molar refractivity (Wildman–Crippen MR) is 70.7 cm³/mol. The zero-order chi connectivity index (χ0) is 15.2. The lowest BCUT2D eigenvalue weighted by atomic mass is 10.2. The van der Waals surface area contributed by atoms with E-state index in [-0.39, 0.29) is 0 Å². The number of nitrogens with one attached hydrogen (secondary N) is 1. The predicted octanol–water partition coefficient (Wildman–Crippen LogP) is 2.49. The molecule has 0 spiro atoms. The van der Waals surface area contributed by atoms with E-state index in [0.717, 1.165) is 5.01 Å². The first-order chi connectivity index (χ1) is 9.28. The summed E-state index contributed by atoms with van der Waals surface area (Å²) in [5.74, 6) is 0.363. The molecule has 1 N–H and O–H groups in total. The van der Waals surface area contributed by atoms with Crippen LogP contribution in [-0.2, 0) is 9.62 Å². The van der Waals surface area contributed by atoms with Crippen molar-refractivity contribution < 1.29 is 24.1 Å². The number of amides is 2. The van der Waals surface area contributed by atoms with Gasteiger partial charge in [0.05, 0.1) is 0 Å². The van der Waals surface area contributed by atoms with E-state index in [1.165, 1.54) is 7.05 Å². The molecule has 0 aliphatic heterocycles. The average molecular weight is 282 g/mol. The van der Waals surface area contributed by atoms with Crippen LogP contribution in [0.25, 0.3) is 0 Å². The van der Waals surface area contributed by atoms with Crippen LogP contribution in [0.5, 0.6) is 5.75 Å². The van der Waals surface area contributed by atoms with E-state index in [9.17, 15) is 9.59 Å². The first-order valence-corrected chi connectivity index (χ1v) is 5.95. The highest BCUT2D eigenvalue weighted by atomic mass is 17.2. The number of hydrazine groups is 1. The van der Waals surface area contributed by atoms with E-state index in [1.54, 1.807) is 51.1 Å². The Morgan fingerprint density at radius 3 is 2.30 bits per heavy atom. The molecule has 0 fully saturated rings. The third-order valence-corrected chi connectivity index (χ3v) is 1.88. The number of ether oxygens (including phenoxy) is 1. The van der Waals surface area contributed by atoms with Gasteiger partial charge in [0.2, 0.25) is 0 Å². The molecule has 7 heteroatoms. The van der Waals surface area contributed by atoms with Gasteiger partial charge in [-0.1, -0.05) is 18.2 Å². The molecule has 7 nitrogen and oxygen atoms in total. The van der Waals surface area contributed by atoms with Gasteiger partial charge in [-0.3, -0.25) is 4.89 Å². The molecule has 2 amide bonds. The molecular weight excluding hydrogens is 264 g/mol. The van der Waals surface area contributed by atoms with E-state index >= 15 is 0 Å². The Labute approximate surface area is 117 Å². The molecule has 0 aromatic heterocycles. The van der Waals surface area contributed by atoms with Crippen LogP contribution in [0, 0.1) is 0 Å². The molecule has 1 rings (SSSR count). The lowest BCUT2D eigenvalue weighted by Gasteiger charge is -2.24. The van der Waals surface area contributed by atoms with E-state index in [0.29, 0.717) is 5.75 Å². The Hall–Kier alpha value is -2.44. The van der Waals surface area contributed by atoms with Crippen molar-refractivity contribution in [1.29, 1.82) is 0 Å². The minimum atomic E-state index is -0.942. The average Bonchev–Trinajstić information content (AvgIpc) is 2.35. The summed E-state index contributed by atoms with van der Waals surface area (Å²) >= 11 is 0. The second-order valence-electron chi connectivity index (χ2n) is 4.92. The summed E-state index contributed by atoms with van der Waals surface area (Å²) in [6.07, 6.45) is -1.66. The van der Waals surface area contributed by atoms with Crippen molar-refractivity contribution in [2.75, 3.05) is 7.05 Å². The van der Waals surface area contributed by atoms with Gasteiger partial charge >= 0.3 is 12.2 Å². The van der Waals surface area contributed by atoms with E-state index in [1.807, 2.05) is 0 Å². The SMILES string of the molecule is CN(NC(=O)OOc1ccccc1)C(=O)OC(C)(C)C. The number of hydrogen-bond donors (Lipinski definition) is 1. The number of rotatable bonds is 2. The van der Waals surface area contributed by atoms with Crippen molar-refractivity contribution in [2.24, 2.45) is 0 Å². The quantitative estimate of drug-likeness (QED) is 0.666. The van der Waals surface area contributed by atoms with Crippen LogP contribution >= 0.6 is 0 Å². The fourth-order valence-electron chi connectivity index (χ4n) is 1.09. The lowest BCUT2D eigenvalue weighted by molar-refractivity contribution is -0.146. The summed E-state index contributed by atoms with van der Waals surface area (Å²) in [5.41, 5.74) is 1.49. The van der Waals surface area contributed by atoms with E-state index < -0.39 is 17.8 Å². The van der Waals surface area contributed by atoms with Gasteiger partial charge in [0.15, 0.2) is 5.75 Å². The van der Waals surface area contributed by atoms with Gasteiger partial charge in [0.25, 0.3) is 0 Å². The van der Waals surface area contributed by atoms with Gasteiger partial charge in [-0.25, -0.2) is 24.9 Å². The van der Waals surface area contributed by atoms with E-state index in [4.69, 9.17) is 9.62 Å². The minimum Gasteiger partial charge on any atom is -0.442 e. The highest BCUT2D eigenvalue weighted by molar-refractivity contribution is 5.73. The first-order valence-electron chi connectivity index (χ1n) is 5.95. The molecule has 1 aromatic rings. The number of hydrogen-bond acceptors (Lipinski definition) is 5. The molecule has 1 aromatic carbocycles. The largest absolute Gasteiger partial charge is 0.468 e. The monoisotopic (exact) mass is 282 g/mol. The number of nitrogens with zero attached hydrogens (tertiary/aromatic N) is 1. The molecule has 0 heterocycles. The third-order valence-electron chi connectivity index (χ3n) is 1.88. The van der Waals surface area contributed by atoms with Crippen molar-refractivity contribution in [2.45, 2.75) is 26.4 Å². The molecule has 20 heavy (non-hydrogen) atoms. The Morgan fingerprint density at radius 2 is 1.75 bits per heavy atom. The smallest absolute Gasteiger partial charge is 0.442 e. The van der Waals surface area contributed by atoms with Crippen LogP contribution in [0.1, 0.15) is 20.8 Å². The summed E-state index contributed by atoms with van der Waals surface area (Å²) in [6.45, 7) is 5.15. The van der Waals surface area contributed by atoms with Crippen molar-refractivity contribution in [3.05, 3.63) is 30.3 Å². The Morgan fingerprint density at radius 1 is 1.15 bits per heavy atom. The van der Waals surface area contributed by atoms with Gasteiger partial charge in [0.1, 0.15) is 5.60 Å². The van der Waals surface area contributed by atoms with Gasteiger partial charge in [0, 0.05) is 7.05 Å². The van der Waals surface area contributed by atoms with Crippen molar-refractivity contribution in [1.82, 2.24) is 10.4 Å². The highest BCUT2D eigenvalue weighted by Crippen LogP contribution is 2.09. The van der Waals surface area contributed by atoms with Gasteiger partial charge in [-0.05, 0) is 32.9 Å². The summed E-state index contributed by atoms with van der Waals surface area (Å²) in [4.78, 5) is 32.2. The normalized spacial score (nSPS) is 10.4. The number of carbonyl (C=O) groups is 2. The number of benzene rings is 1. The molecular formula is C13H18N2O5. The summed E-state index contributed by atoms with van der Waals surface area (Å²) in [5, 5.41) is 0.863. The zero-order valence-electron chi connectivity index (χ0n) is 11.9. The van der Waals surface area contributed by atoms with Crippen LogP contribution < -0.4 is 10.3 Å². The fourth-order valence-corrected chi connectivity index (χ4v) is 1.09. The summed E-state index contributed by atoms with van der Waals surface area (Å²) in [6, 6.07) is 8.48. The van der Waals surface area contributed by atoms with Crippen LogP contribution in [0.3, 0.4) is 0 Å². The van der Waals surface area contributed by atoms with Crippen molar-refractivity contribution in [3.63, 3.8) is 0 Å². The second kappa shape index (κ2) is 6.65. The molecule has 0 saturated carbocycles. The molecule has 0 unspecified atom stereocenters. The van der Waals surface area contributed by atoms with Gasteiger partial charge in [-0.15, -0.1) is 0 Å². The minimum absolute atomic E-state index is 0.363. The zero-order valence-corrected chi connectivity index (χ0v) is 11.9. The first kappa shape index (κ1) is 15.6. The maximum absolute atomic E-state index is 11.6. The van der Waals surface area contributed by atoms with Crippen molar-refractivity contribution in [3.8, 4) is 5.75 Å². The Balaban J connectivity index is 2.36. The fraction of sp³-hybridized carbons (Fsp3) is 0.385. The standard InChI is InChI=1S/C13H18N2O5/c1-13(2,3)18-12(17)15(4)14-11(16)20-19-10-8-6-5-7-9-10/h5-9H,1-4H3,(H,14,16). The molecule has 0 aliphatic rings. The topological polar surface area (TPSA) is 77.1 Å². The van der Waals surface area contributed by atoms with Crippen LogP contribution in [-0.4, -0.2) is 29.8 Å². The molecule has 0 atom stereocenters. The second-order valence-corrected chi connectivity index (χ2v) is 4.92. The van der Waals surface area contributed by atoms with Gasteiger partial charge in [-0.2, -0.15) is 0 Å². The third kappa shape index (κ3) is 5.94. The molecule has 0 saturated heterocycles. The number of carbonyl (C=O) groups excluding carboxylic acids is 2. The summed E-state index contributed by atoms with van der Waals surface area (Å²) < 4.78 is 5.04. The van der Waals surface area contributed by atoms with Crippen LogP contribution in [0.4, 0.5) is 9.59 Å². The molecule has 0 bridgehead atoms. The maximum Gasteiger partial charge on any atom is 0.468 e. The summed E-state index contributed by atoms with van der Waals surface area (Å²) in [7, 11) is 1.33. The lowest BCUT2D eigenvalue weighted by Crippen LogP contribution is -2.46. The maximum atomic E-state index is 11.6.